The largest absolute Gasteiger partial charge is 0.389 e. The van der Waals surface area contributed by atoms with Gasteiger partial charge in [0.1, 0.15) is 11.7 Å². The molecular weight excluding hydrogens is 304 g/mol. The molecule has 1 heterocycles. The standard InChI is InChI=1S/C20H30O4/c1-12-7-6-9-19(4)17(24-19)16(22)14-11-15(21)13(2)18(3,10-8-12)20(14,5)23/h7,11,13,15,17,21,23H,6,8-10H2,1-5H3/b12-7-/t13-,15+,17-,18+,19-,20+/m1/s1. The van der Waals surface area contributed by atoms with Crippen LogP contribution < -0.4 is 0 Å². The monoisotopic (exact) mass is 334 g/mol. The van der Waals surface area contributed by atoms with Crippen LogP contribution in [0.5, 0.6) is 0 Å². The molecule has 2 bridgehead atoms. The fraction of sp³-hybridized carbons (Fsp3) is 0.750. The molecule has 4 nitrogen and oxygen atoms in total. The van der Waals surface area contributed by atoms with Gasteiger partial charge < -0.3 is 14.9 Å². The molecule has 1 saturated heterocycles. The van der Waals surface area contributed by atoms with Gasteiger partial charge in [-0.15, -0.1) is 0 Å². The number of rotatable bonds is 0. The van der Waals surface area contributed by atoms with E-state index in [2.05, 4.69) is 13.0 Å². The molecule has 4 heteroatoms. The lowest BCUT2D eigenvalue weighted by Gasteiger charge is -2.52. The highest BCUT2D eigenvalue weighted by molar-refractivity contribution is 6.03. The second kappa shape index (κ2) is 5.52. The predicted octanol–water partition coefficient (Wildman–Crippen LogP) is 2.93. The molecule has 3 rings (SSSR count). The van der Waals surface area contributed by atoms with E-state index >= 15 is 0 Å². The Balaban J connectivity index is 2.08. The number of ether oxygens (including phenoxy) is 1. The lowest BCUT2D eigenvalue weighted by atomic mass is 9.55. The van der Waals surface area contributed by atoms with Crippen LogP contribution in [-0.4, -0.2) is 39.4 Å². The van der Waals surface area contributed by atoms with Gasteiger partial charge in [-0.05, 0) is 58.4 Å². The van der Waals surface area contributed by atoms with Gasteiger partial charge in [0.2, 0.25) is 0 Å². The van der Waals surface area contributed by atoms with Crippen molar-refractivity contribution in [1.82, 2.24) is 0 Å². The third-order valence-corrected chi connectivity index (χ3v) is 7.05. The zero-order valence-corrected chi connectivity index (χ0v) is 15.4. The first-order chi connectivity index (χ1) is 11.0. The number of carbonyl (C=O) groups is 1. The van der Waals surface area contributed by atoms with Gasteiger partial charge in [-0.3, -0.25) is 4.79 Å². The van der Waals surface area contributed by atoms with Crippen molar-refractivity contribution in [2.45, 2.75) is 83.7 Å². The molecule has 0 radical (unpaired) electrons. The number of aliphatic hydroxyl groups excluding tert-OH is 1. The molecule has 0 aromatic carbocycles. The number of allylic oxidation sites excluding steroid dienone is 2. The van der Waals surface area contributed by atoms with Crippen molar-refractivity contribution in [2.75, 3.05) is 0 Å². The molecule has 2 N–H and O–H groups in total. The normalized spacial score (nSPS) is 51.5. The molecule has 3 aliphatic rings. The van der Waals surface area contributed by atoms with Crippen LogP contribution in [0.4, 0.5) is 0 Å². The van der Waals surface area contributed by atoms with Gasteiger partial charge in [-0.25, -0.2) is 0 Å². The molecule has 24 heavy (non-hydrogen) atoms. The van der Waals surface area contributed by atoms with Crippen molar-refractivity contribution in [1.29, 1.82) is 0 Å². The first-order valence-electron chi connectivity index (χ1n) is 9.03. The summed E-state index contributed by atoms with van der Waals surface area (Å²) in [5, 5.41) is 21.9. The average molecular weight is 334 g/mol. The number of epoxide rings is 1. The van der Waals surface area contributed by atoms with Crippen molar-refractivity contribution in [3.05, 3.63) is 23.3 Å². The number of ketones is 1. The minimum absolute atomic E-state index is 0.133. The van der Waals surface area contributed by atoms with Gasteiger partial charge in [-0.2, -0.15) is 0 Å². The summed E-state index contributed by atoms with van der Waals surface area (Å²) in [6, 6.07) is 0. The Morgan fingerprint density at radius 3 is 2.58 bits per heavy atom. The topological polar surface area (TPSA) is 70.1 Å². The Bertz CT molecular complexity index is 617. The summed E-state index contributed by atoms with van der Waals surface area (Å²) < 4.78 is 5.73. The predicted molar refractivity (Wildman–Crippen MR) is 92.5 cm³/mol. The quantitative estimate of drug-likeness (QED) is 0.528. The van der Waals surface area contributed by atoms with Crippen molar-refractivity contribution < 1.29 is 19.7 Å². The van der Waals surface area contributed by atoms with Crippen LogP contribution in [0.1, 0.15) is 60.3 Å². The molecule has 0 unspecified atom stereocenters. The Morgan fingerprint density at radius 1 is 1.25 bits per heavy atom. The lowest BCUT2D eigenvalue weighted by molar-refractivity contribution is -0.131. The third kappa shape index (κ3) is 2.51. The summed E-state index contributed by atoms with van der Waals surface area (Å²) in [7, 11) is 0. The first kappa shape index (κ1) is 17.8. The molecular formula is C20H30O4. The van der Waals surface area contributed by atoms with E-state index in [9.17, 15) is 15.0 Å². The van der Waals surface area contributed by atoms with Gasteiger partial charge in [0.15, 0.2) is 5.78 Å². The number of Topliss-reactive ketones (excluding diaryl/α,β-unsaturated/α-hetero) is 1. The van der Waals surface area contributed by atoms with Gasteiger partial charge >= 0.3 is 0 Å². The first-order valence-corrected chi connectivity index (χ1v) is 9.03. The summed E-state index contributed by atoms with van der Waals surface area (Å²) in [4.78, 5) is 13.0. The fourth-order valence-electron chi connectivity index (χ4n) is 4.46. The molecule has 0 spiro atoms. The van der Waals surface area contributed by atoms with Crippen LogP contribution in [0.15, 0.2) is 23.3 Å². The SMILES string of the molecule is C/C1=C/CC[C@@]2(C)O[C@@H]2C(=O)C2=C[C@H](O)[C@@H](C)[C@](C)(CC1)[C@@]2(C)O. The van der Waals surface area contributed by atoms with Gasteiger partial charge in [0.05, 0.1) is 11.7 Å². The van der Waals surface area contributed by atoms with E-state index in [4.69, 9.17) is 4.74 Å². The highest BCUT2D eigenvalue weighted by atomic mass is 16.6. The smallest absolute Gasteiger partial charge is 0.193 e. The fourth-order valence-corrected chi connectivity index (χ4v) is 4.46. The zero-order valence-electron chi connectivity index (χ0n) is 15.4. The number of aliphatic hydroxyl groups is 2. The van der Waals surface area contributed by atoms with E-state index in [0.29, 0.717) is 5.57 Å². The lowest BCUT2D eigenvalue weighted by Crippen LogP contribution is -2.57. The molecule has 0 aromatic rings. The molecule has 1 fully saturated rings. The highest BCUT2D eigenvalue weighted by Gasteiger charge is 2.62. The van der Waals surface area contributed by atoms with Crippen molar-refractivity contribution in [3.63, 3.8) is 0 Å². The molecule has 0 amide bonds. The Morgan fingerprint density at radius 2 is 1.92 bits per heavy atom. The number of carbonyl (C=O) groups excluding carboxylic acids is 1. The van der Waals surface area contributed by atoms with E-state index in [1.54, 1.807) is 13.0 Å². The molecule has 1 aliphatic heterocycles. The molecule has 0 saturated carbocycles. The van der Waals surface area contributed by atoms with E-state index < -0.39 is 28.8 Å². The highest BCUT2D eigenvalue weighted by Crippen LogP contribution is 2.54. The van der Waals surface area contributed by atoms with Crippen LogP contribution in [-0.2, 0) is 9.53 Å². The molecule has 0 aromatic heterocycles. The van der Waals surface area contributed by atoms with Crippen molar-refractivity contribution >= 4 is 5.78 Å². The van der Waals surface area contributed by atoms with Crippen LogP contribution >= 0.6 is 0 Å². The van der Waals surface area contributed by atoms with Crippen molar-refractivity contribution in [2.24, 2.45) is 11.3 Å². The van der Waals surface area contributed by atoms with Crippen molar-refractivity contribution in [3.8, 4) is 0 Å². The van der Waals surface area contributed by atoms with Crippen LogP contribution in [0.2, 0.25) is 0 Å². The van der Waals surface area contributed by atoms with Gasteiger partial charge in [0, 0.05) is 11.0 Å². The Hall–Kier alpha value is -0.970. The van der Waals surface area contributed by atoms with Gasteiger partial charge in [0.25, 0.3) is 0 Å². The van der Waals surface area contributed by atoms with Crippen LogP contribution in [0.3, 0.4) is 0 Å². The summed E-state index contributed by atoms with van der Waals surface area (Å²) in [5.74, 6) is -0.299. The third-order valence-electron chi connectivity index (χ3n) is 7.05. The van der Waals surface area contributed by atoms with Crippen LogP contribution in [0, 0.1) is 11.3 Å². The van der Waals surface area contributed by atoms with E-state index in [-0.39, 0.29) is 11.7 Å². The Kier molecular flexibility index (Phi) is 4.10. The minimum atomic E-state index is -1.28. The number of hydrogen-bond acceptors (Lipinski definition) is 4. The average Bonchev–Trinajstić information content (AvgIpc) is 3.18. The summed E-state index contributed by atoms with van der Waals surface area (Å²) >= 11 is 0. The van der Waals surface area contributed by atoms with E-state index in [1.165, 1.54) is 5.57 Å². The maximum absolute atomic E-state index is 13.0. The summed E-state index contributed by atoms with van der Waals surface area (Å²) in [5.41, 5.74) is -0.695. The molecule has 2 aliphatic carbocycles. The van der Waals surface area contributed by atoms with E-state index in [1.807, 2.05) is 20.8 Å². The maximum atomic E-state index is 13.0. The summed E-state index contributed by atoms with van der Waals surface area (Å²) in [6.45, 7) is 9.75. The summed E-state index contributed by atoms with van der Waals surface area (Å²) in [6.07, 6.45) is 5.82. The number of fused-ring (bicyclic) bond motifs is 3. The zero-order chi connectivity index (χ0) is 17.9. The van der Waals surface area contributed by atoms with Gasteiger partial charge in [-0.1, -0.05) is 25.5 Å². The Labute approximate surface area is 144 Å². The number of hydrogen-bond donors (Lipinski definition) is 2. The minimum Gasteiger partial charge on any atom is -0.389 e. The molecule has 6 atom stereocenters. The second-order valence-corrected chi connectivity index (χ2v) is 8.61. The second-order valence-electron chi connectivity index (χ2n) is 8.61. The molecule has 134 valence electrons. The van der Waals surface area contributed by atoms with E-state index in [0.717, 1.165) is 25.7 Å². The van der Waals surface area contributed by atoms with Crippen LogP contribution in [0.25, 0.3) is 0 Å². The maximum Gasteiger partial charge on any atom is 0.193 e.